The van der Waals surface area contributed by atoms with Gasteiger partial charge in [0.2, 0.25) is 0 Å². The average Bonchev–Trinajstić information content (AvgIpc) is 2.53. The number of carbonyl (C=O) groups is 2. The SMILES string of the molecule is C.C.CCC(C)(C)C(=O)O.CCC(C)(C)C(=O)OCc1ccccc1. The molecule has 0 atom stereocenters. The number of benzene rings is 1. The van der Waals surface area contributed by atoms with E-state index in [0.29, 0.717) is 13.0 Å². The van der Waals surface area contributed by atoms with Gasteiger partial charge in [0, 0.05) is 0 Å². The summed E-state index contributed by atoms with van der Waals surface area (Å²) < 4.78 is 5.24. The second-order valence-corrected chi connectivity index (χ2v) is 6.84. The average molecular weight is 355 g/mol. The molecule has 0 unspecified atom stereocenters. The minimum absolute atomic E-state index is 0. The van der Waals surface area contributed by atoms with Gasteiger partial charge in [-0.25, -0.2) is 0 Å². The summed E-state index contributed by atoms with van der Waals surface area (Å²) in [6.45, 7) is 11.5. The summed E-state index contributed by atoms with van der Waals surface area (Å²) in [7, 11) is 0. The summed E-state index contributed by atoms with van der Waals surface area (Å²) in [6.07, 6.45) is 1.48. The third-order valence-corrected chi connectivity index (χ3v) is 4.11. The molecule has 0 saturated heterocycles. The fraction of sp³-hybridized carbons (Fsp3) is 0.619. The maximum absolute atomic E-state index is 11.6. The number of hydrogen-bond donors (Lipinski definition) is 1. The molecule has 0 radical (unpaired) electrons. The van der Waals surface area contributed by atoms with E-state index in [1.807, 2.05) is 58.0 Å². The Kier molecular flexibility index (Phi) is 14.0. The molecule has 0 spiro atoms. The topological polar surface area (TPSA) is 63.6 Å². The number of rotatable bonds is 6. The quantitative estimate of drug-likeness (QED) is 0.642. The molecule has 0 bridgehead atoms. The maximum atomic E-state index is 11.6. The molecule has 0 aliphatic heterocycles. The van der Waals surface area contributed by atoms with E-state index in [-0.39, 0.29) is 26.2 Å². The Hall–Kier alpha value is -1.84. The molecule has 1 rings (SSSR count). The van der Waals surface area contributed by atoms with E-state index in [2.05, 4.69) is 0 Å². The molecule has 4 heteroatoms. The predicted octanol–water partition coefficient (Wildman–Crippen LogP) is 5.95. The van der Waals surface area contributed by atoms with Gasteiger partial charge in [-0.15, -0.1) is 0 Å². The zero-order valence-electron chi connectivity index (χ0n) is 15.2. The van der Waals surface area contributed by atoms with Gasteiger partial charge in [-0.2, -0.15) is 0 Å². The maximum Gasteiger partial charge on any atom is 0.311 e. The number of hydrogen-bond acceptors (Lipinski definition) is 3. The molecule has 0 aliphatic carbocycles. The van der Waals surface area contributed by atoms with Gasteiger partial charge in [-0.05, 0) is 46.1 Å². The first kappa shape index (κ1) is 28.0. The van der Waals surface area contributed by atoms with Crippen LogP contribution in [0.4, 0.5) is 0 Å². The summed E-state index contributed by atoms with van der Waals surface area (Å²) in [5.41, 5.74) is 0.104. The minimum atomic E-state index is -0.722. The second kappa shape index (κ2) is 12.5. The lowest BCUT2D eigenvalue weighted by Crippen LogP contribution is -2.25. The first-order chi connectivity index (χ1) is 10.6. The molecule has 25 heavy (non-hydrogen) atoms. The zero-order valence-corrected chi connectivity index (χ0v) is 15.2. The van der Waals surface area contributed by atoms with Crippen molar-refractivity contribution in [2.45, 2.75) is 75.8 Å². The molecule has 1 aromatic carbocycles. The molecule has 0 fully saturated rings. The van der Waals surface area contributed by atoms with Crippen LogP contribution in [-0.2, 0) is 20.9 Å². The van der Waals surface area contributed by atoms with Crippen molar-refractivity contribution in [3.8, 4) is 0 Å². The van der Waals surface area contributed by atoms with Crippen molar-refractivity contribution >= 4 is 11.9 Å². The van der Waals surface area contributed by atoms with Gasteiger partial charge >= 0.3 is 11.9 Å². The van der Waals surface area contributed by atoms with E-state index in [4.69, 9.17) is 9.84 Å². The van der Waals surface area contributed by atoms with Crippen LogP contribution < -0.4 is 0 Å². The van der Waals surface area contributed by atoms with Crippen molar-refractivity contribution in [1.29, 1.82) is 0 Å². The molecule has 0 aromatic heterocycles. The molecule has 1 N–H and O–H groups in total. The van der Waals surface area contributed by atoms with Crippen LogP contribution in [0.25, 0.3) is 0 Å². The lowest BCUT2D eigenvalue weighted by Gasteiger charge is -2.20. The largest absolute Gasteiger partial charge is 0.481 e. The van der Waals surface area contributed by atoms with E-state index in [0.717, 1.165) is 12.0 Å². The summed E-state index contributed by atoms with van der Waals surface area (Å²) in [5.74, 6) is -0.853. The third kappa shape index (κ3) is 10.6. The van der Waals surface area contributed by atoms with Crippen LogP contribution in [0.15, 0.2) is 30.3 Å². The highest BCUT2D eigenvalue weighted by Crippen LogP contribution is 2.22. The number of carboxylic acids is 1. The number of ether oxygens (including phenoxy) is 1. The summed E-state index contributed by atoms with van der Waals surface area (Å²) in [4.78, 5) is 21.9. The van der Waals surface area contributed by atoms with Crippen molar-refractivity contribution in [3.05, 3.63) is 35.9 Å². The minimum Gasteiger partial charge on any atom is -0.481 e. The molecular weight excluding hydrogens is 316 g/mol. The molecule has 1 aromatic rings. The molecule has 0 amide bonds. The lowest BCUT2D eigenvalue weighted by molar-refractivity contribution is -0.155. The van der Waals surface area contributed by atoms with Crippen LogP contribution in [0.5, 0.6) is 0 Å². The van der Waals surface area contributed by atoms with E-state index >= 15 is 0 Å². The third-order valence-electron chi connectivity index (χ3n) is 4.11. The van der Waals surface area contributed by atoms with Crippen LogP contribution >= 0.6 is 0 Å². The Balaban J connectivity index is -0.000000421. The van der Waals surface area contributed by atoms with Gasteiger partial charge < -0.3 is 9.84 Å². The molecule has 0 saturated carbocycles. The van der Waals surface area contributed by atoms with Crippen molar-refractivity contribution < 1.29 is 19.4 Å². The van der Waals surface area contributed by atoms with Crippen molar-refractivity contribution in [1.82, 2.24) is 0 Å². The molecule has 4 nitrogen and oxygen atoms in total. The number of carbonyl (C=O) groups excluding carboxylic acids is 1. The van der Waals surface area contributed by atoms with Crippen LogP contribution in [0.3, 0.4) is 0 Å². The predicted molar refractivity (Wildman–Crippen MR) is 105 cm³/mol. The van der Waals surface area contributed by atoms with Gasteiger partial charge in [0.1, 0.15) is 6.61 Å². The van der Waals surface area contributed by atoms with Crippen molar-refractivity contribution in [2.75, 3.05) is 0 Å². The van der Waals surface area contributed by atoms with Crippen LogP contribution in [-0.4, -0.2) is 17.0 Å². The van der Waals surface area contributed by atoms with Gasteiger partial charge in [0.05, 0.1) is 10.8 Å². The Morgan fingerprint density at radius 2 is 1.36 bits per heavy atom. The standard InChI is InChI=1S/C13H18O2.C6H12O2.2CH4/c1-4-13(2,3)12(14)15-10-11-8-6-5-7-9-11;1-4-6(2,3)5(7)8;;/h5-9H,4,10H2,1-3H3;4H2,1-3H3,(H,7,8);2*1H4. The van der Waals surface area contributed by atoms with E-state index in [9.17, 15) is 9.59 Å². The first-order valence-electron chi connectivity index (χ1n) is 8.01. The summed E-state index contributed by atoms with van der Waals surface area (Å²) in [6, 6.07) is 9.72. The van der Waals surface area contributed by atoms with Gasteiger partial charge in [0.15, 0.2) is 0 Å². The van der Waals surface area contributed by atoms with Crippen molar-refractivity contribution in [3.63, 3.8) is 0 Å². The Labute approximate surface area is 154 Å². The lowest BCUT2D eigenvalue weighted by atomic mass is 9.91. The number of carboxylic acid groups (broad SMARTS) is 1. The normalized spacial score (nSPS) is 10.3. The summed E-state index contributed by atoms with van der Waals surface area (Å²) in [5, 5.41) is 8.44. The Morgan fingerprint density at radius 3 is 1.68 bits per heavy atom. The monoisotopic (exact) mass is 354 g/mol. The van der Waals surface area contributed by atoms with Crippen LogP contribution in [0.2, 0.25) is 0 Å². The fourth-order valence-corrected chi connectivity index (χ4v) is 1.21. The molecular formula is C21H38O4. The van der Waals surface area contributed by atoms with Gasteiger partial charge in [-0.3, -0.25) is 9.59 Å². The van der Waals surface area contributed by atoms with Crippen LogP contribution in [0, 0.1) is 10.8 Å². The fourth-order valence-electron chi connectivity index (χ4n) is 1.21. The van der Waals surface area contributed by atoms with E-state index in [1.54, 1.807) is 13.8 Å². The molecule has 146 valence electrons. The first-order valence-corrected chi connectivity index (χ1v) is 8.01. The Bertz CT molecular complexity index is 490. The van der Waals surface area contributed by atoms with Gasteiger partial charge in [-0.1, -0.05) is 59.0 Å². The van der Waals surface area contributed by atoms with E-state index in [1.165, 1.54) is 0 Å². The van der Waals surface area contributed by atoms with E-state index < -0.39 is 11.4 Å². The second-order valence-electron chi connectivity index (χ2n) is 6.84. The zero-order chi connectivity index (χ0) is 18.1. The highest BCUT2D eigenvalue weighted by atomic mass is 16.5. The molecule has 0 heterocycles. The summed E-state index contributed by atoms with van der Waals surface area (Å²) >= 11 is 0. The van der Waals surface area contributed by atoms with Crippen molar-refractivity contribution in [2.24, 2.45) is 10.8 Å². The number of esters is 1. The Morgan fingerprint density at radius 1 is 0.920 bits per heavy atom. The van der Waals surface area contributed by atoms with Crippen LogP contribution in [0.1, 0.15) is 74.8 Å². The van der Waals surface area contributed by atoms with Gasteiger partial charge in [0.25, 0.3) is 0 Å². The number of aliphatic carboxylic acids is 1. The highest BCUT2D eigenvalue weighted by Gasteiger charge is 2.26. The smallest absolute Gasteiger partial charge is 0.311 e. The molecule has 0 aliphatic rings. The highest BCUT2D eigenvalue weighted by molar-refractivity contribution is 5.75.